The van der Waals surface area contributed by atoms with Gasteiger partial charge in [0.05, 0.1) is 0 Å². The van der Waals surface area contributed by atoms with Gasteiger partial charge in [-0.15, -0.1) is 0 Å². The molecule has 0 saturated heterocycles. The van der Waals surface area contributed by atoms with E-state index >= 15 is 0 Å². The third-order valence-electron chi connectivity index (χ3n) is 2.99. The molecule has 86 valence electrons. The number of carboxylic acids is 1. The van der Waals surface area contributed by atoms with Gasteiger partial charge < -0.3 is 14.9 Å². The van der Waals surface area contributed by atoms with Gasteiger partial charge in [-0.1, -0.05) is 0 Å². The molecule has 0 saturated carbocycles. The molecule has 1 unspecified atom stereocenters. The van der Waals surface area contributed by atoms with E-state index in [9.17, 15) is 9.90 Å². The molecule has 16 heavy (non-hydrogen) atoms. The molecule has 1 heterocycles. The maximum absolute atomic E-state index is 11.1. The van der Waals surface area contributed by atoms with Crippen molar-refractivity contribution in [2.75, 3.05) is 0 Å². The number of fused-ring (bicyclic) bond motifs is 1. The lowest BCUT2D eigenvalue weighted by molar-refractivity contribution is -0.155. The van der Waals surface area contributed by atoms with Crippen LogP contribution in [0.15, 0.2) is 12.1 Å². The number of aliphatic carboxylic acids is 1. The molecule has 2 rings (SSSR count). The highest BCUT2D eigenvalue weighted by molar-refractivity contribution is 5.78. The van der Waals surface area contributed by atoms with Crippen LogP contribution in [0.1, 0.15) is 24.5 Å². The molecule has 1 aromatic rings. The van der Waals surface area contributed by atoms with E-state index in [2.05, 4.69) is 0 Å². The van der Waals surface area contributed by atoms with E-state index in [0.29, 0.717) is 18.6 Å². The number of ether oxygens (including phenoxy) is 1. The van der Waals surface area contributed by atoms with Gasteiger partial charge >= 0.3 is 5.97 Å². The van der Waals surface area contributed by atoms with E-state index in [-0.39, 0.29) is 5.75 Å². The van der Waals surface area contributed by atoms with Gasteiger partial charge in [-0.2, -0.15) is 0 Å². The van der Waals surface area contributed by atoms with Gasteiger partial charge in [-0.05, 0) is 43.5 Å². The van der Waals surface area contributed by atoms with Gasteiger partial charge in [0.1, 0.15) is 11.5 Å². The minimum absolute atomic E-state index is 0.193. The van der Waals surface area contributed by atoms with E-state index in [1.54, 1.807) is 26.0 Å². The molecular weight excluding hydrogens is 208 g/mol. The summed E-state index contributed by atoms with van der Waals surface area (Å²) in [5.41, 5.74) is 0.479. The summed E-state index contributed by atoms with van der Waals surface area (Å²) < 4.78 is 5.56. The highest BCUT2D eigenvalue weighted by atomic mass is 16.5. The summed E-state index contributed by atoms with van der Waals surface area (Å²) in [6, 6.07) is 3.20. The Hall–Kier alpha value is -1.71. The fourth-order valence-electron chi connectivity index (χ4n) is 1.96. The van der Waals surface area contributed by atoms with Gasteiger partial charge in [-0.3, -0.25) is 0 Å². The maximum Gasteiger partial charge on any atom is 0.347 e. The Balaban J connectivity index is 2.45. The zero-order valence-electron chi connectivity index (χ0n) is 9.28. The van der Waals surface area contributed by atoms with Crippen LogP contribution in [0.2, 0.25) is 0 Å². The molecule has 1 atom stereocenters. The number of rotatable bonds is 1. The van der Waals surface area contributed by atoms with Crippen molar-refractivity contribution in [3.8, 4) is 11.5 Å². The number of aryl methyl sites for hydroxylation is 2. The first kappa shape index (κ1) is 10.8. The quantitative estimate of drug-likeness (QED) is 0.761. The monoisotopic (exact) mass is 222 g/mol. The topological polar surface area (TPSA) is 66.8 Å². The lowest BCUT2D eigenvalue weighted by Gasteiger charge is -2.33. The number of carbonyl (C=O) groups is 1. The number of hydrogen-bond acceptors (Lipinski definition) is 3. The zero-order valence-corrected chi connectivity index (χ0v) is 9.28. The van der Waals surface area contributed by atoms with Crippen molar-refractivity contribution in [2.24, 2.45) is 0 Å². The van der Waals surface area contributed by atoms with Crippen molar-refractivity contribution in [2.45, 2.75) is 32.3 Å². The zero-order chi connectivity index (χ0) is 11.9. The van der Waals surface area contributed by atoms with Crippen LogP contribution in [0.3, 0.4) is 0 Å². The second-order valence-electron chi connectivity index (χ2n) is 4.39. The fourth-order valence-corrected chi connectivity index (χ4v) is 1.96. The summed E-state index contributed by atoms with van der Waals surface area (Å²) in [6.45, 7) is 3.37. The van der Waals surface area contributed by atoms with Crippen LogP contribution < -0.4 is 4.74 Å². The standard InChI is InChI=1S/C12H14O4/c1-7-5-9(13)6-8-3-4-12(2,11(14)15)16-10(7)8/h5-6,13H,3-4H2,1-2H3,(H,14,15). The third kappa shape index (κ3) is 1.60. The molecule has 1 aromatic carbocycles. The SMILES string of the molecule is Cc1cc(O)cc2c1OC(C)(C(=O)O)CC2. The molecule has 0 radical (unpaired) electrons. The van der Waals surface area contributed by atoms with E-state index in [4.69, 9.17) is 9.84 Å². The lowest BCUT2D eigenvalue weighted by Crippen LogP contribution is -2.44. The molecule has 4 heteroatoms. The third-order valence-corrected chi connectivity index (χ3v) is 2.99. The van der Waals surface area contributed by atoms with Crippen LogP contribution in [0.4, 0.5) is 0 Å². The lowest BCUT2D eigenvalue weighted by atomic mass is 9.91. The molecule has 0 amide bonds. The number of hydrogen-bond donors (Lipinski definition) is 2. The van der Waals surface area contributed by atoms with E-state index < -0.39 is 11.6 Å². The molecule has 1 aliphatic rings. The fraction of sp³-hybridized carbons (Fsp3) is 0.417. The molecular formula is C12H14O4. The largest absolute Gasteiger partial charge is 0.508 e. The van der Waals surface area contributed by atoms with Gasteiger partial charge in [0.2, 0.25) is 5.60 Å². The van der Waals surface area contributed by atoms with Crippen molar-refractivity contribution >= 4 is 5.97 Å². The molecule has 0 fully saturated rings. The first-order valence-electron chi connectivity index (χ1n) is 5.17. The van der Waals surface area contributed by atoms with Crippen LogP contribution in [0.25, 0.3) is 0 Å². The number of aromatic hydroxyl groups is 1. The summed E-state index contributed by atoms with van der Waals surface area (Å²) in [5, 5.41) is 18.5. The average Bonchev–Trinajstić information content (AvgIpc) is 2.19. The van der Waals surface area contributed by atoms with Crippen LogP contribution in [-0.2, 0) is 11.2 Å². The second-order valence-corrected chi connectivity index (χ2v) is 4.39. The second kappa shape index (κ2) is 3.40. The Kier molecular flexibility index (Phi) is 2.30. The predicted octanol–water partition coefficient (Wildman–Crippen LogP) is 1.87. The Morgan fingerprint density at radius 1 is 1.50 bits per heavy atom. The Morgan fingerprint density at radius 2 is 2.19 bits per heavy atom. The van der Waals surface area contributed by atoms with Crippen LogP contribution >= 0.6 is 0 Å². The van der Waals surface area contributed by atoms with E-state index in [1.165, 1.54) is 0 Å². The highest BCUT2D eigenvalue weighted by Crippen LogP contribution is 2.38. The summed E-state index contributed by atoms with van der Waals surface area (Å²) in [6.07, 6.45) is 1.02. The first-order valence-corrected chi connectivity index (χ1v) is 5.17. The number of phenols is 1. The van der Waals surface area contributed by atoms with Crippen LogP contribution in [0.5, 0.6) is 11.5 Å². The maximum atomic E-state index is 11.1. The van der Waals surface area contributed by atoms with Gasteiger partial charge in [0.15, 0.2) is 0 Å². The Labute approximate surface area is 93.5 Å². The number of phenolic OH excluding ortho intramolecular Hbond substituents is 1. The minimum atomic E-state index is -1.16. The first-order chi connectivity index (χ1) is 7.42. The highest BCUT2D eigenvalue weighted by Gasteiger charge is 2.39. The van der Waals surface area contributed by atoms with Gasteiger partial charge in [-0.25, -0.2) is 4.79 Å². The Morgan fingerprint density at radius 3 is 2.81 bits per heavy atom. The molecule has 0 bridgehead atoms. The minimum Gasteiger partial charge on any atom is -0.508 e. The smallest absolute Gasteiger partial charge is 0.347 e. The van der Waals surface area contributed by atoms with Gasteiger partial charge in [0, 0.05) is 6.42 Å². The molecule has 0 aliphatic carbocycles. The number of carboxylic acid groups (broad SMARTS) is 1. The van der Waals surface area contributed by atoms with Crippen molar-refractivity contribution in [3.63, 3.8) is 0 Å². The van der Waals surface area contributed by atoms with Crippen molar-refractivity contribution in [1.29, 1.82) is 0 Å². The molecule has 0 spiro atoms. The normalized spacial score (nSPS) is 23.4. The Bertz CT molecular complexity index is 453. The summed E-state index contributed by atoms with van der Waals surface area (Å²) in [5.74, 6) is -0.168. The molecule has 0 aromatic heterocycles. The van der Waals surface area contributed by atoms with Crippen molar-refractivity contribution in [1.82, 2.24) is 0 Å². The van der Waals surface area contributed by atoms with Crippen LogP contribution in [0, 0.1) is 6.92 Å². The molecule has 2 N–H and O–H groups in total. The average molecular weight is 222 g/mol. The van der Waals surface area contributed by atoms with Crippen molar-refractivity contribution in [3.05, 3.63) is 23.3 Å². The predicted molar refractivity (Wildman–Crippen MR) is 57.8 cm³/mol. The van der Waals surface area contributed by atoms with Crippen LogP contribution in [-0.4, -0.2) is 21.8 Å². The molecule has 1 aliphatic heterocycles. The summed E-state index contributed by atoms with van der Waals surface area (Å²) >= 11 is 0. The van der Waals surface area contributed by atoms with E-state index in [1.807, 2.05) is 0 Å². The summed E-state index contributed by atoms with van der Waals surface area (Å²) in [7, 11) is 0. The molecule has 4 nitrogen and oxygen atoms in total. The van der Waals surface area contributed by atoms with E-state index in [0.717, 1.165) is 11.1 Å². The summed E-state index contributed by atoms with van der Waals surface area (Å²) in [4.78, 5) is 11.1. The number of benzene rings is 1. The van der Waals surface area contributed by atoms with Crippen molar-refractivity contribution < 1.29 is 19.7 Å². The van der Waals surface area contributed by atoms with Gasteiger partial charge in [0.25, 0.3) is 0 Å².